The van der Waals surface area contributed by atoms with Crippen molar-refractivity contribution in [1.29, 1.82) is 0 Å². The molecule has 0 aliphatic heterocycles. The Balaban J connectivity index is 1.74. The molecule has 7 nitrogen and oxygen atoms in total. The normalized spacial score (nSPS) is 13.4. The van der Waals surface area contributed by atoms with E-state index in [1.54, 1.807) is 18.2 Å². The largest absolute Gasteiger partial charge is 0.471 e. The number of amides is 1. The molecule has 132 valence electrons. The molecule has 3 rings (SSSR count). The minimum Gasteiger partial charge on any atom is -0.471 e. The third kappa shape index (κ3) is 4.02. The number of ether oxygens (including phenoxy) is 2. The Bertz CT molecular complexity index is 820. The first-order valence-electron chi connectivity index (χ1n) is 7.55. The van der Waals surface area contributed by atoms with E-state index in [0.717, 1.165) is 24.4 Å². The van der Waals surface area contributed by atoms with Gasteiger partial charge in [-0.05, 0) is 42.6 Å². The van der Waals surface area contributed by atoms with Gasteiger partial charge >= 0.3 is 5.97 Å². The third-order valence-electron chi connectivity index (χ3n) is 3.66. The Morgan fingerprint density at radius 3 is 2.88 bits per heavy atom. The number of hydrogen-bond acceptors (Lipinski definition) is 7. The Kier molecular flexibility index (Phi) is 5.10. The second-order valence-electron chi connectivity index (χ2n) is 5.56. The number of hydrogen-bond donors (Lipinski definition) is 2. The molecule has 0 saturated heterocycles. The molecule has 1 aliphatic rings. The van der Waals surface area contributed by atoms with Crippen LogP contribution in [0, 0.1) is 0 Å². The average molecular weight is 382 g/mol. The molecule has 1 amide bonds. The lowest BCUT2D eigenvalue weighted by Crippen LogP contribution is -2.25. The number of carbonyl (C=O) groups is 2. The number of aromatic nitrogens is 1. The summed E-state index contributed by atoms with van der Waals surface area (Å²) in [6.45, 7) is 0.0382. The highest BCUT2D eigenvalue weighted by Crippen LogP contribution is 2.30. The van der Waals surface area contributed by atoms with Gasteiger partial charge in [-0.2, -0.15) is 4.37 Å². The van der Waals surface area contributed by atoms with E-state index in [1.165, 1.54) is 7.11 Å². The SMILES string of the molecule is COC(=O)c1c(OCc2cc(C(=O)NC3CC3)ccc2Cl)nsc1N. The maximum Gasteiger partial charge on any atom is 0.346 e. The van der Waals surface area contributed by atoms with Gasteiger partial charge in [0.05, 0.1) is 7.11 Å². The van der Waals surface area contributed by atoms with Crippen molar-refractivity contribution in [3.05, 3.63) is 39.9 Å². The van der Waals surface area contributed by atoms with Crippen LogP contribution in [0.3, 0.4) is 0 Å². The van der Waals surface area contributed by atoms with Crippen LogP contribution in [0.5, 0.6) is 5.88 Å². The fourth-order valence-corrected chi connectivity index (χ4v) is 2.90. The average Bonchev–Trinajstić information content (AvgIpc) is 3.34. The van der Waals surface area contributed by atoms with E-state index in [4.69, 9.17) is 22.1 Å². The second kappa shape index (κ2) is 7.28. The molecule has 0 spiro atoms. The van der Waals surface area contributed by atoms with E-state index in [2.05, 4.69) is 14.4 Å². The highest BCUT2D eigenvalue weighted by atomic mass is 35.5. The van der Waals surface area contributed by atoms with Crippen LogP contribution in [0.25, 0.3) is 0 Å². The molecule has 0 radical (unpaired) electrons. The van der Waals surface area contributed by atoms with Gasteiger partial charge in [-0.15, -0.1) is 0 Å². The first-order valence-corrected chi connectivity index (χ1v) is 8.70. The molecule has 25 heavy (non-hydrogen) atoms. The first-order chi connectivity index (χ1) is 12.0. The quantitative estimate of drug-likeness (QED) is 0.745. The van der Waals surface area contributed by atoms with Gasteiger partial charge < -0.3 is 20.5 Å². The van der Waals surface area contributed by atoms with Crippen LogP contribution in [0.1, 0.15) is 39.1 Å². The molecule has 1 aromatic heterocycles. The van der Waals surface area contributed by atoms with E-state index in [9.17, 15) is 9.59 Å². The van der Waals surface area contributed by atoms with E-state index < -0.39 is 5.97 Å². The molecular weight excluding hydrogens is 366 g/mol. The van der Waals surface area contributed by atoms with Gasteiger partial charge in [0.15, 0.2) is 5.56 Å². The van der Waals surface area contributed by atoms with Crippen LogP contribution in [-0.4, -0.2) is 29.4 Å². The molecule has 0 bridgehead atoms. The molecular formula is C16H16ClN3O4S. The van der Waals surface area contributed by atoms with E-state index in [1.807, 2.05) is 0 Å². The van der Waals surface area contributed by atoms with Crippen molar-refractivity contribution in [2.45, 2.75) is 25.5 Å². The number of carbonyl (C=O) groups excluding carboxylic acids is 2. The number of nitrogens with two attached hydrogens (primary N) is 1. The molecule has 3 N–H and O–H groups in total. The van der Waals surface area contributed by atoms with Gasteiger partial charge in [-0.25, -0.2) is 4.79 Å². The highest BCUT2D eigenvalue weighted by molar-refractivity contribution is 7.10. The number of esters is 1. The van der Waals surface area contributed by atoms with E-state index in [0.29, 0.717) is 16.1 Å². The first kappa shape index (κ1) is 17.5. The van der Waals surface area contributed by atoms with Crippen LogP contribution in [-0.2, 0) is 11.3 Å². The van der Waals surface area contributed by atoms with Crippen LogP contribution in [0.15, 0.2) is 18.2 Å². The number of benzene rings is 1. The molecule has 2 aromatic rings. The molecule has 9 heteroatoms. The zero-order valence-corrected chi connectivity index (χ0v) is 14.9. The predicted molar refractivity (Wildman–Crippen MR) is 94.1 cm³/mol. The standard InChI is InChI=1S/C16H16ClN3O4S/c1-23-16(22)12-13(18)25-20-15(12)24-7-9-6-8(2-5-11(9)17)14(21)19-10-3-4-10/h2,5-6,10H,3-4,7,18H2,1H3,(H,19,21). The fraction of sp³-hybridized carbons (Fsp3) is 0.312. The third-order valence-corrected chi connectivity index (χ3v) is 4.69. The number of anilines is 1. The van der Waals surface area contributed by atoms with Gasteiger partial charge in [0.25, 0.3) is 5.91 Å². The zero-order chi connectivity index (χ0) is 18.0. The Morgan fingerprint density at radius 1 is 1.44 bits per heavy atom. The van der Waals surface area contributed by atoms with Crippen molar-refractivity contribution in [1.82, 2.24) is 9.69 Å². The summed E-state index contributed by atoms with van der Waals surface area (Å²) in [5.74, 6) is -0.684. The fourth-order valence-electron chi connectivity index (χ4n) is 2.14. The number of methoxy groups -OCH3 is 1. The maximum atomic E-state index is 12.1. The molecule has 1 saturated carbocycles. The summed E-state index contributed by atoms with van der Waals surface area (Å²) in [5, 5.41) is 3.58. The van der Waals surface area contributed by atoms with E-state index in [-0.39, 0.29) is 35.0 Å². The van der Waals surface area contributed by atoms with Crippen molar-refractivity contribution >= 4 is 40.0 Å². The summed E-state index contributed by atoms with van der Waals surface area (Å²) >= 11 is 7.11. The Labute approximate surface area is 153 Å². The summed E-state index contributed by atoms with van der Waals surface area (Å²) < 4.78 is 14.3. The van der Waals surface area contributed by atoms with Gasteiger partial charge in [-0.3, -0.25) is 4.79 Å². The number of rotatable bonds is 6. The molecule has 0 unspecified atom stereocenters. The maximum absolute atomic E-state index is 12.1. The number of nitrogens with zero attached hydrogens (tertiary/aromatic N) is 1. The summed E-state index contributed by atoms with van der Waals surface area (Å²) in [4.78, 5) is 23.9. The predicted octanol–water partition coefficient (Wildman–Crippen LogP) is 2.64. The summed E-state index contributed by atoms with van der Waals surface area (Å²) in [7, 11) is 1.25. The van der Waals surface area contributed by atoms with Crippen LogP contribution in [0.2, 0.25) is 5.02 Å². The molecule has 1 fully saturated rings. The lowest BCUT2D eigenvalue weighted by molar-refractivity contribution is 0.0596. The topological polar surface area (TPSA) is 104 Å². The van der Waals surface area contributed by atoms with Crippen molar-refractivity contribution in [2.75, 3.05) is 12.8 Å². The lowest BCUT2D eigenvalue weighted by Gasteiger charge is -2.09. The second-order valence-corrected chi connectivity index (χ2v) is 6.77. The van der Waals surface area contributed by atoms with Gasteiger partial charge in [0.1, 0.15) is 11.6 Å². The lowest BCUT2D eigenvalue weighted by atomic mass is 10.1. The zero-order valence-electron chi connectivity index (χ0n) is 13.4. The minimum absolute atomic E-state index is 0.0382. The molecule has 0 atom stereocenters. The smallest absolute Gasteiger partial charge is 0.346 e. The summed E-state index contributed by atoms with van der Waals surface area (Å²) in [6, 6.07) is 5.22. The van der Waals surface area contributed by atoms with Gasteiger partial charge in [0, 0.05) is 22.2 Å². The molecule has 1 aliphatic carbocycles. The van der Waals surface area contributed by atoms with Crippen molar-refractivity contribution in [3.8, 4) is 5.88 Å². The van der Waals surface area contributed by atoms with Gasteiger partial charge in [-0.1, -0.05) is 11.6 Å². The highest BCUT2D eigenvalue weighted by Gasteiger charge is 2.24. The monoisotopic (exact) mass is 381 g/mol. The number of nitrogens with one attached hydrogen (secondary N) is 1. The summed E-state index contributed by atoms with van der Waals surface area (Å²) in [6.07, 6.45) is 2.02. The molecule has 1 aromatic carbocycles. The molecule has 1 heterocycles. The van der Waals surface area contributed by atoms with E-state index >= 15 is 0 Å². The Morgan fingerprint density at radius 2 is 2.20 bits per heavy atom. The minimum atomic E-state index is -0.620. The number of nitrogen functional groups attached to an aromatic ring is 1. The van der Waals surface area contributed by atoms with Crippen LogP contribution >= 0.6 is 23.1 Å². The number of halogens is 1. The van der Waals surface area contributed by atoms with Crippen molar-refractivity contribution < 1.29 is 19.1 Å². The van der Waals surface area contributed by atoms with Gasteiger partial charge in [0.2, 0.25) is 5.88 Å². The van der Waals surface area contributed by atoms with Crippen LogP contribution < -0.4 is 15.8 Å². The van der Waals surface area contributed by atoms with Crippen LogP contribution in [0.4, 0.5) is 5.00 Å². The Hall–Kier alpha value is -2.32. The van der Waals surface area contributed by atoms with Crippen molar-refractivity contribution in [2.24, 2.45) is 0 Å². The van der Waals surface area contributed by atoms with Crippen molar-refractivity contribution in [3.63, 3.8) is 0 Å². The summed E-state index contributed by atoms with van der Waals surface area (Å²) in [5.41, 5.74) is 6.92.